The molecule has 3 rings (SSSR count). The maximum Gasteiger partial charge on any atom is 0.223 e. The molecule has 0 atom stereocenters. The van der Waals surface area contributed by atoms with Crippen molar-refractivity contribution in [3.8, 4) is 11.3 Å². The normalized spacial score (nSPS) is 10.9. The van der Waals surface area contributed by atoms with Crippen molar-refractivity contribution < 1.29 is 0 Å². The fourth-order valence-electron chi connectivity index (χ4n) is 2.31. The van der Waals surface area contributed by atoms with E-state index in [0.717, 1.165) is 22.3 Å². The van der Waals surface area contributed by atoms with Crippen LogP contribution in [0.25, 0.3) is 22.2 Å². The summed E-state index contributed by atoms with van der Waals surface area (Å²) in [5, 5.41) is 4.34. The SMILES string of the molecule is CCNc1nccc(-c2cn(C)c3cc(Br)ccc23)n1. The number of nitrogens with one attached hydrogen (secondary N) is 1. The average Bonchev–Trinajstić information content (AvgIpc) is 2.77. The van der Waals surface area contributed by atoms with Crippen molar-refractivity contribution in [3.05, 3.63) is 41.1 Å². The summed E-state index contributed by atoms with van der Waals surface area (Å²) < 4.78 is 3.19. The maximum absolute atomic E-state index is 4.57. The van der Waals surface area contributed by atoms with Crippen molar-refractivity contribution in [1.29, 1.82) is 0 Å². The lowest BCUT2D eigenvalue weighted by molar-refractivity contribution is 0.968. The number of rotatable bonds is 3. The summed E-state index contributed by atoms with van der Waals surface area (Å²) in [4.78, 5) is 8.79. The molecule has 0 aliphatic heterocycles. The lowest BCUT2D eigenvalue weighted by Gasteiger charge is -2.03. The summed E-state index contributed by atoms with van der Waals surface area (Å²) in [6.45, 7) is 2.84. The van der Waals surface area contributed by atoms with E-state index in [1.165, 1.54) is 10.9 Å². The zero-order valence-corrected chi connectivity index (χ0v) is 13.0. The Morgan fingerprint density at radius 3 is 2.95 bits per heavy atom. The molecule has 1 aromatic carbocycles. The van der Waals surface area contributed by atoms with Gasteiger partial charge in [0, 0.05) is 46.9 Å². The van der Waals surface area contributed by atoms with E-state index in [4.69, 9.17) is 0 Å². The van der Waals surface area contributed by atoms with Crippen LogP contribution in [-0.4, -0.2) is 21.1 Å². The van der Waals surface area contributed by atoms with E-state index in [0.29, 0.717) is 5.95 Å². The third kappa shape index (κ3) is 2.29. The van der Waals surface area contributed by atoms with Gasteiger partial charge in [-0.05, 0) is 25.1 Å². The molecule has 0 aliphatic rings. The Kier molecular flexibility index (Phi) is 3.44. The van der Waals surface area contributed by atoms with Crippen LogP contribution in [0.1, 0.15) is 6.92 Å². The standard InChI is InChI=1S/C15H15BrN4/c1-3-17-15-18-7-6-13(19-15)12-9-20(2)14-8-10(16)4-5-11(12)14/h4-9H,3H2,1-2H3,(H,17,18,19). The molecular weight excluding hydrogens is 316 g/mol. The molecule has 2 heterocycles. The molecular formula is C15H15BrN4. The fraction of sp³-hybridized carbons (Fsp3) is 0.200. The maximum atomic E-state index is 4.57. The molecule has 5 heteroatoms. The Hall–Kier alpha value is -1.88. The van der Waals surface area contributed by atoms with Crippen LogP contribution in [0.3, 0.4) is 0 Å². The minimum Gasteiger partial charge on any atom is -0.354 e. The predicted octanol–water partition coefficient (Wildman–Crippen LogP) is 3.83. The van der Waals surface area contributed by atoms with Gasteiger partial charge in [-0.15, -0.1) is 0 Å². The highest BCUT2D eigenvalue weighted by atomic mass is 79.9. The lowest BCUT2D eigenvalue weighted by Crippen LogP contribution is -2.01. The highest BCUT2D eigenvalue weighted by Gasteiger charge is 2.10. The molecule has 0 bridgehead atoms. The second-order valence-electron chi connectivity index (χ2n) is 4.61. The van der Waals surface area contributed by atoms with E-state index in [1.807, 2.05) is 20.0 Å². The highest BCUT2D eigenvalue weighted by molar-refractivity contribution is 9.10. The quantitative estimate of drug-likeness (QED) is 0.793. The first-order valence-electron chi connectivity index (χ1n) is 6.51. The van der Waals surface area contributed by atoms with Crippen molar-refractivity contribution in [3.63, 3.8) is 0 Å². The van der Waals surface area contributed by atoms with Crippen LogP contribution < -0.4 is 5.32 Å². The second kappa shape index (κ2) is 5.25. The van der Waals surface area contributed by atoms with E-state index >= 15 is 0 Å². The second-order valence-corrected chi connectivity index (χ2v) is 5.53. The third-order valence-electron chi connectivity index (χ3n) is 3.22. The van der Waals surface area contributed by atoms with Crippen LogP contribution >= 0.6 is 15.9 Å². The molecule has 0 aliphatic carbocycles. The Bertz CT molecular complexity index is 764. The fourth-order valence-corrected chi connectivity index (χ4v) is 2.66. The van der Waals surface area contributed by atoms with Crippen LogP contribution in [0.5, 0.6) is 0 Å². The van der Waals surface area contributed by atoms with Crippen molar-refractivity contribution in [2.24, 2.45) is 7.05 Å². The smallest absolute Gasteiger partial charge is 0.223 e. The molecule has 0 unspecified atom stereocenters. The summed E-state index contributed by atoms with van der Waals surface area (Å²) in [6, 6.07) is 8.23. The summed E-state index contributed by atoms with van der Waals surface area (Å²) in [5.74, 6) is 0.666. The molecule has 20 heavy (non-hydrogen) atoms. The number of hydrogen-bond donors (Lipinski definition) is 1. The Morgan fingerprint density at radius 2 is 2.15 bits per heavy atom. The van der Waals surface area contributed by atoms with Crippen molar-refractivity contribution in [1.82, 2.24) is 14.5 Å². The largest absolute Gasteiger partial charge is 0.354 e. The first-order valence-corrected chi connectivity index (χ1v) is 7.30. The molecule has 2 aromatic heterocycles. The van der Waals surface area contributed by atoms with Gasteiger partial charge in [0.1, 0.15) is 0 Å². The van der Waals surface area contributed by atoms with E-state index in [2.05, 4.69) is 60.2 Å². The topological polar surface area (TPSA) is 42.7 Å². The van der Waals surface area contributed by atoms with E-state index < -0.39 is 0 Å². The van der Waals surface area contributed by atoms with E-state index in [9.17, 15) is 0 Å². The molecule has 1 N–H and O–H groups in total. The third-order valence-corrected chi connectivity index (χ3v) is 3.71. The molecule has 0 saturated heterocycles. The molecule has 0 fully saturated rings. The van der Waals surface area contributed by atoms with Gasteiger partial charge >= 0.3 is 0 Å². The van der Waals surface area contributed by atoms with E-state index in [-0.39, 0.29) is 0 Å². The molecule has 0 radical (unpaired) electrons. The highest BCUT2D eigenvalue weighted by Crippen LogP contribution is 2.30. The van der Waals surface area contributed by atoms with Crippen molar-refractivity contribution >= 4 is 32.8 Å². The summed E-state index contributed by atoms with van der Waals surface area (Å²) >= 11 is 3.52. The van der Waals surface area contributed by atoms with Crippen LogP contribution in [0.4, 0.5) is 5.95 Å². The Balaban J connectivity index is 2.17. The number of fused-ring (bicyclic) bond motifs is 1. The van der Waals surface area contributed by atoms with Crippen LogP contribution in [0.2, 0.25) is 0 Å². The van der Waals surface area contributed by atoms with Gasteiger partial charge in [0.25, 0.3) is 0 Å². The van der Waals surface area contributed by atoms with Crippen molar-refractivity contribution in [2.75, 3.05) is 11.9 Å². The Morgan fingerprint density at radius 1 is 1.30 bits per heavy atom. The van der Waals surface area contributed by atoms with Crippen LogP contribution in [0.15, 0.2) is 41.1 Å². The number of nitrogens with zero attached hydrogens (tertiary/aromatic N) is 3. The predicted molar refractivity (Wildman–Crippen MR) is 85.8 cm³/mol. The minimum absolute atomic E-state index is 0.666. The van der Waals surface area contributed by atoms with Gasteiger partial charge in [0.05, 0.1) is 5.69 Å². The first kappa shape index (κ1) is 13.1. The number of halogens is 1. The molecule has 0 amide bonds. The minimum atomic E-state index is 0.666. The molecule has 4 nitrogen and oxygen atoms in total. The van der Waals surface area contributed by atoms with Gasteiger partial charge in [-0.2, -0.15) is 0 Å². The van der Waals surface area contributed by atoms with Gasteiger partial charge in [-0.1, -0.05) is 22.0 Å². The zero-order chi connectivity index (χ0) is 14.1. The van der Waals surface area contributed by atoms with Gasteiger partial charge in [-0.25, -0.2) is 9.97 Å². The Labute approximate surface area is 126 Å². The summed E-state index contributed by atoms with van der Waals surface area (Å²) in [5.41, 5.74) is 3.23. The van der Waals surface area contributed by atoms with Gasteiger partial charge in [0.15, 0.2) is 0 Å². The van der Waals surface area contributed by atoms with E-state index in [1.54, 1.807) is 6.20 Å². The lowest BCUT2D eigenvalue weighted by atomic mass is 10.1. The number of aromatic nitrogens is 3. The average molecular weight is 331 g/mol. The van der Waals surface area contributed by atoms with Gasteiger partial charge in [0.2, 0.25) is 5.95 Å². The molecule has 3 aromatic rings. The van der Waals surface area contributed by atoms with Crippen LogP contribution in [-0.2, 0) is 7.05 Å². The number of aryl methyl sites for hydroxylation is 1. The number of benzene rings is 1. The molecule has 0 spiro atoms. The van der Waals surface area contributed by atoms with Gasteiger partial charge in [-0.3, -0.25) is 0 Å². The summed E-state index contributed by atoms with van der Waals surface area (Å²) in [6.07, 6.45) is 3.90. The summed E-state index contributed by atoms with van der Waals surface area (Å²) in [7, 11) is 2.05. The van der Waals surface area contributed by atoms with Gasteiger partial charge < -0.3 is 9.88 Å². The molecule has 102 valence electrons. The number of hydrogen-bond acceptors (Lipinski definition) is 3. The number of anilines is 1. The van der Waals surface area contributed by atoms with Crippen molar-refractivity contribution in [2.45, 2.75) is 6.92 Å². The van der Waals surface area contributed by atoms with Crippen LogP contribution in [0, 0.1) is 0 Å². The first-order chi connectivity index (χ1) is 9.69. The molecule has 0 saturated carbocycles. The monoisotopic (exact) mass is 330 g/mol. The zero-order valence-electron chi connectivity index (χ0n) is 11.4.